The molecular weight excluding hydrogens is 282 g/mol. The SMILES string of the molecule is COc1ccc(N=Nc2ccc(N(C)C)cc2O)c(OC)c1. The molecule has 0 aliphatic heterocycles. The van der Waals surface area contributed by atoms with Crippen molar-refractivity contribution in [2.45, 2.75) is 0 Å². The van der Waals surface area contributed by atoms with Crippen LogP contribution in [-0.2, 0) is 0 Å². The minimum absolute atomic E-state index is 0.0717. The van der Waals surface area contributed by atoms with Crippen molar-refractivity contribution in [1.82, 2.24) is 0 Å². The van der Waals surface area contributed by atoms with Gasteiger partial charge in [-0.25, -0.2) is 0 Å². The van der Waals surface area contributed by atoms with E-state index in [0.717, 1.165) is 5.69 Å². The Labute approximate surface area is 129 Å². The number of phenolic OH excluding ortho intramolecular Hbond substituents is 1. The first-order valence-corrected chi connectivity index (χ1v) is 6.69. The van der Waals surface area contributed by atoms with E-state index < -0.39 is 0 Å². The smallest absolute Gasteiger partial charge is 0.150 e. The zero-order valence-electron chi connectivity index (χ0n) is 13.1. The number of hydrogen-bond acceptors (Lipinski definition) is 6. The van der Waals surface area contributed by atoms with Gasteiger partial charge in [0.1, 0.15) is 28.6 Å². The van der Waals surface area contributed by atoms with Crippen molar-refractivity contribution in [3.8, 4) is 17.2 Å². The Morgan fingerprint density at radius 3 is 2.18 bits per heavy atom. The van der Waals surface area contributed by atoms with Gasteiger partial charge in [0.15, 0.2) is 0 Å². The molecule has 2 aromatic rings. The Bertz CT molecular complexity index is 684. The molecule has 0 heterocycles. The summed E-state index contributed by atoms with van der Waals surface area (Å²) in [6.45, 7) is 0. The van der Waals surface area contributed by atoms with Crippen molar-refractivity contribution in [1.29, 1.82) is 0 Å². The third kappa shape index (κ3) is 3.46. The Morgan fingerprint density at radius 2 is 1.59 bits per heavy atom. The molecule has 0 saturated carbocycles. The third-order valence-electron chi connectivity index (χ3n) is 3.13. The lowest BCUT2D eigenvalue weighted by Gasteiger charge is -2.12. The van der Waals surface area contributed by atoms with Gasteiger partial charge < -0.3 is 19.5 Å². The first-order chi connectivity index (χ1) is 10.5. The summed E-state index contributed by atoms with van der Waals surface area (Å²) in [7, 11) is 6.94. The number of azo groups is 1. The van der Waals surface area contributed by atoms with Crippen LogP contribution in [0.25, 0.3) is 0 Å². The summed E-state index contributed by atoms with van der Waals surface area (Å²) in [5, 5.41) is 18.2. The van der Waals surface area contributed by atoms with Gasteiger partial charge in [0.25, 0.3) is 0 Å². The average molecular weight is 301 g/mol. The van der Waals surface area contributed by atoms with Crippen LogP contribution in [0, 0.1) is 0 Å². The van der Waals surface area contributed by atoms with Gasteiger partial charge in [-0.2, -0.15) is 0 Å². The van der Waals surface area contributed by atoms with Crippen molar-refractivity contribution >= 4 is 17.1 Å². The zero-order chi connectivity index (χ0) is 16.1. The van der Waals surface area contributed by atoms with Gasteiger partial charge >= 0.3 is 0 Å². The van der Waals surface area contributed by atoms with Gasteiger partial charge in [0.05, 0.1) is 14.2 Å². The van der Waals surface area contributed by atoms with E-state index in [1.165, 1.54) is 0 Å². The summed E-state index contributed by atoms with van der Waals surface area (Å²) >= 11 is 0. The Hall–Kier alpha value is -2.76. The maximum absolute atomic E-state index is 10.00. The molecule has 0 aliphatic rings. The summed E-state index contributed by atoms with van der Waals surface area (Å²) in [5.74, 6) is 1.30. The lowest BCUT2D eigenvalue weighted by atomic mass is 10.2. The molecule has 1 N–H and O–H groups in total. The minimum Gasteiger partial charge on any atom is -0.506 e. The molecule has 22 heavy (non-hydrogen) atoms. The number of aromatic hydroxyl groups is 1. The van der Waals surface area contributed by atoms with Crippen molar-refractivity contribution in [3.05, 3.63) is 36.4 Å². The second-order valence-electron chi connectivity index (χ2n) is 4.81. The van der Waals surface area contributed by atoms with E-state index in [4.69, 9.17) is 9.47 Å². The van der Waals surface area contributed by atoms with Crippen molar-refractivity contribution in [2.75, 3.05) is 33.2 Å². The summed E-state index contributed by atoms with van der Waals surface area (Å²) in [6.07, 6.45) is 0. The average Bonchev–Trinajstić information content (AvgIpc) is 2.53. The topological polar surface area (TPSA) is 66.7 Å². The normalized spacial score (nSPS) is 10.7. The van der Waals surface area contributed by atoms with E-state index in [9.17, 15) is 5.11 Å². The highest BCUT2D eigenvalue weighted by Gasteiger charge is 2.06. The largest absolute Gasteiger partial charge is 0.506 e. The number of nitrogens with zero attached hydrogens (tertiary/aromatic N) is 3. The molecule has 0 spiro atoms. The second kappa shape index (κ2) is 6.80. The summed E-state index contributed by atoms with van der Waals surface area (Å²) in [4.78, 5) is 1.90. The quantitative estimate of drug-likeness (QED) is 0.851. The predicted molar refractivity (Wildman–Crippen MR) is 86.2 cm³/mol. The molecule has 0 aromatic heterocycles. The molecule has 0 saturated heterocycles. The van der Waals surface area contributed by atoms with Gasteiger partial charge in [-0.15, -0.1) is 10.2 Å². The lowest BCUT2D eigenvalue weighted by Crippen LogP contribution is -2.07. The number of ether oxygens (including phenoxy) is 2. The maximum Gasteiger partial charge on any atom is 0.150 e. The number of anilines is 1. The fourth-order valence-corrected chi connectivity index (χ4v) is 1.85. The van der Waals surface area contributed by atoms with Crippen LogP contribution in [0.2, 0.25) is 0 Å². The molecule has 6 nitrogen and oxygen atoms in total. The van der Waals surface area contributed by atoms with E-state index in [0.29, 0.717) is 22.9 Å². The van der Waals surface area contributed by atoms with Crippen LogP contribution in [0.3, 0.4) is 0 Å². The van der Waals surface area contributed by atoms with E-state index in [-0.39, 0.29) is 5.75 Å². The van der Waals surface area contributed by atoms with Crippen LogP contribution >= 0.6 is 0 Å². The molecule has 2 aromatic carbocycles. The van der Waals surface area contributed by atoms with Gasteiger partial charge in [-0.05, 0) is 24.3 Å². The van der Waals surface area contributed by atoms with Crippen molar-refractivity contribution in [2.24, 2.45) is 10.2 Å². The summed E-state index contributed by atoms with van der Waals surface area (Å²) < 4.78 is 10.4. The van der Waals surface area contributed by atoms with Crippen LogP contribution in [0.5, 0.6) is 17.2 Å². The molecule has 0 bridgehead atoms. The highest BCUT2D eigenvalue weighted by Crippen LogP contribution is 2.35. The Balaban J connectivity index is 2.29. The second-order valence-corrected chi connectivity index (χ2v) is 4.81. The fraction of sp³-hybridized carbons (Fsp3) is 0.250. The molecule has 116 valence electrons. The van der Waals surface area contributed by atoms with Gasteiger partial charge in [0.2, 0.25) is 0 Å². The number of hydrogen-bond donors (Lipinski definition) is 1. The summed E-state index contributed by atoms with van der Waals surface area (Å²) in [6, 6.07) is 10.4. The van der Waals surface area contributed by atoms with E-state index in [1.807, 2.05) is 25.1 Å². The van der Waals surface area contributed by atoms with Crippen LogP contribution in [0.4, 0.5) is 17.1 Å². The summed E-state index contributed by atoms with van der Waals surface area (Å²) in [5.41, 5.74) is 1.83. The van der Waals surface area contributed by atoms with Gasteiger partial charge in [-0.1, -0.05) is 0 Å². The molecule has 0 aliphatic carbocycles. The van der Waals surface area contributed by atoms with Crippen molar-refractivity contribution in [3.63, 3.8) is 0 Å². The van der Waals surface area contributed by atoms with E-state index in [1.54, 1.807) is 44.6 Å². The van der Waals surface area contributed by atoms with Crippen molar-refractivity contribution < 1.29 is 14.6 Å². The molecule has 0 unspecified atom stereocenters. The molecule has 2 rings (SSSR count). The fourth-order valence-electron chi connectivity index (χ4n) is 1.85. The predicted octanol–water partition coefficient (Wildman–Crippen LogP) is 3.89. The number of phenols is 1. The van der Waals surface area contributed by atoms with Crippen LogP contribution in [-0.4, -0.2) is 33.4 Å². The highest BCUT2D eigenvalue weighted by molar-refractivity contribution is 5.61. The van der Waals surface area contributed by atoms with E-state index in [2.05, 4.69) is 10.2 Å². The molecule has 6 heteroatoms. The molecule has 0 atom stereocenters. The first kappa shape index (κ1) is 15.6. The van der Waals surface area contributed by atoms with Gasteiger partial charge in [-0.3, -0.25) is 0 Å². The lowest BCUT2D eigenvalue weighted by molar-refractivity contribution is 0.395. The zero-order valence-corrected chi connectivity index (χ0v) is 13.1. The van der Waals surface area contributed by atoms with Crippen LogP contribution < -0.4 is 14.4 Å². The standard InChI is InChI=1S/C16H19N3O3/c1-19(2)11-5-7-13(15(20)9-11)17-18-14-8-6-12(21-3)10-16(14)22-4/h5-10,20H,1-4H3. The Morgan fingerprint density at radius 1 is 0.909 bits per heavy atom. The van der Waals surface area contributed by atoms with Crippen LogP contribution in [0.15, 0.2) is 46.6 Å². The Kier molecular flexibility index (Phi) is 4.83. The molecule has 0 radical (unpaired) electrons. The molecule has 0 fully saturated rings. The van der Waals surface area contributed by atoms with Crippen LogP contribution in [0.1, 0.15) is 0 Å². The molecular formula is C16H19N3O3. The number of benzene rings is 2. The molecule has 0 amide bonds. The minimum atomic E-state index is 0.0717. The number of methoxy groups -OCH3 is 2. The monoisotopic (exact) mass is 301 g/mol. The van der Waals surface area contributed by atoms with Gasteiger partial charge in [0, 0.05) is 31.9 Å². The van der Waals surface area contributed by atoms with E-state index >= 15 is 0 Å². The number of rotatable bonds is 5. The first-order valence-electron chi connectivity index (χ1n) is 6.69. The highest BCUT2D eigenvalue weighted by atomic mass is 16.5. The third-order valence-corrected chi connectivity index (χ3v) is 3.13. The maximum atomic E-state index is 10.00.